The summed E-state index contributed by atoms with van der Waals surface area (Å²) >= 11 is 0. The summed E-state index contributed by atoms with van der Waals surface area (Å²) in [5.74, 6) is -2.37. The first-order chi connectivity index (χ1) is 12.7. The van der Waals surface area contributed by atoms with Gasteiger partial charge in [-0.15, -0.1) is 0 Å². The van der Waals surface area contributed by atoms with Crippen LogP contribution in [0, 0.1) is 0 Å². The van der Waals surface area contributed by atoms with Gasteiger partial charge in [-0.2, -0.15) is 0 Å². The van der Waals surface area contributed by atoms with Crippen LogP contribution in [0.4, 0.5) is 0 Å². The molecule has 1 aliphatic rings. The van der Waals surface area contributed by atoms with Crippen LogP contribution in [0.15, 0.2) is 60.7 Å². The van der Waals surface area contributed by atoms with Crippen molar-refractivity contribution in [3.63, 3.8) is 0 Å². The smallest absolute Gasteiger partial charge is 0.195 e. The molecule has 3 rings (SSSR count). The zero-order valence-corrected chi connectivity index (χ0v) is 13.9. The van der Waals surface area contributed by atoms with Crippen molar-refractivity contribution >= 4 is 0 Å². The summed E-state index contributed by atoms with van der Waals surface area (Å²) in [6.07, 6.45) is -4.48. The topological polar surface area (TPSA) is 90.2 Å². The third-order valence-corrected chi connectivity index (χ3v) is 4.71. The fourth-order valence-electron chi connectivity index (χ4n) is 3.30. The van der Waals surface area contributed by atoms with Crippen LogP contribution in [-0.4, -0.2) is 50.1 Å². The van der Waals surface area contributed by atoms with Crippen LogP contribution >= 0.6 is 0 Å². The van der Waals surface area contributed by atoms with Gasteiger partial charge in [0.25, 0.3) is 0 Å². The summed E-state index contributed by atoms with van der Waals surface area (Å²) in [6.45, 7) is 0.397. The number of hydrogen-bond donors (Lipinski definition) is 4. The fourth-order valence-corrected chi connectivity index (χ4v) is 3.30. The minimum absolute atomic E-state index is 0.334. The third-order valence-electron chi connectivity index (χ3n) is 4.71. The summed E-state index contributed by atoms with van der Waals surface area (Å²) in [4.78, 5) is 0. The molecule has 1 saturated heterocycles. The van der Waals surface area contributed by atoms with Crippen molar-refractivity contribution in [2.75, 3.05) is 6.61 Å². The molecule has 25 heavy (non-hydrogen) atoms. The Hall–Kier alpha value is -1.76. The minimum Gasteiger partial charge on any atom is -0.394 e. The van der Waals surface area contributed by atoms with Crippen LogP contribution in [0.3, 0.4) is 0 Å². The second-order valence-electron chi connectivity index (χ2n) is 6.47. The summed E-state index contributed by atoms with van der Waals surface area (Å²) in [7, 11) is 0. The molecule has 0 saturated carbocycles. The fraction of sp³-hybridized carbons (Fsp3) is 0.400. The van der Waals surface area contributed by atoms with Crippen molar-refractivity contribution in [3.05, 3.63) is 71.8 Å². The average Bonchev–Trinajstić information content (AvgIpc) is 2.86. The van der Waals surface area contributed by atoms with E-state index >= 15 is 0 Å². The molecule has 1 heterocycles. The number of ether oxygens (including phenoxy) is 1. The van der Waals surface area contributed by atoms with Gasteiger partial charge in [0.05, 0.1) is 6.61 Å². The van der Waals surface area contributed by atoms with E-state index in [4.69, 9.17) is 7.48 Å². The molecular weight excluding hydrogens is 320 g/mol. The lowest BCUT2D eigenvalue weighted by Gasteiger charge is -2.43. The minimum atomic E-state index is -2.59. The van der Waals surface area contributed by atoms with Crippen molar-refractivity contribution in [2.24, 2.45) is 0 Å². The highest BCUT2D eigenvalue weighted by molar-refractivity contribution is 5.28. The van der Waals surface area contributed by atoms with Gasteiger partial charge in [-0.1, -0.05) is 60.7 Å². The molecule has 0 aliphatic carbocycles. The third kappa shape index (κ3) is 2.99. The molecule has 0 spiro atoms. The van der Waals surface area contributed by atoms with Gasteiger partial charge < -0.3 is 25.2 Å². The van der Waals surface area contributed by atoms with Crippen molar-refractivity contribution in [1.29, 1.82) is 0 Å². The van der Waals surface area contributed by atoms with Gasteiger partial charge in [-0.3, -0.25) is 0 Å². The van der Waals surface area contributed by atoms with E-state index in [1.165, 1.54) is 0 Å². The lowest BCUT2D eigenvalue weighted by molar-refractivity contribution is -0.263. The van der Waals surface area contributed by atoms with Crippen LogP contribution in [0.5, 0.6) is 0 Å². The normalized spacial score (nSPS) is 38.7. The first-order valence-corrected chi connectivity index (χ1v) is 8.10. The lowest BCUT2D eigenvalue weighted by Crippen LogP contribution is -2.65. The van der Waals surface area contributed by atoms with E-state index in [0.717, 1.165) is 6.92 Å². The maximum absolute atomic E-state index is 11.6. The number of benzene rings is 2. The van der Waals surface area contributed by atoms with Gasteiger partial charge >= 0.3 is 0 Å². The van der Waals surface area contributed by atoms with E-state index < -0.39 is 42.5 Å². The molecule has 3 unspecified atom stereocenters. The Morgan fingerprint density at radius 2 is 1.40 bits per heavy atom. The molecule has 5 heteroatoms. The Kier molecular flexibility index (Phi) is 4.04. The summed E-state index contributed by atoms with van der Waals surface area (Å²) in [6, 6.07) is 16.5. The van der Waals surface area contributed by atoms with Gasteiger partial charge in [-0.25, -0.2) is 0 Å². The maximum Gasteiger partial charge on any atom is 0.195 e. The molecule has 5 nitrogen and oxygen atoms in total. The first-order valence-electron chi connectivity index (χ1n) is 9.25. The first kappa shape index (κ1) is 15.5. The van der Waals surface area contributed by atoms with Crippen molar-refractivity contribution in [1.82, 2.24) is 0 Å². The Morgan fingerprint density at radius 3 is 1.88 bits per heavy atom. The van der Waals surface area contributed by atoms with Gasteiger partial charge in [0.15, 0.2) is 11.4 Å². The van der Waals surface area contributed by atoms with E-state index in [9.17, 15) is 20.4 Å². The molecule has 2 aromatic rings. The van der Waals surface area contributed by atoms with Crippen LogP contribution < -0.4 is 0 Å². The molecular formula is C20H24O5. The molecule has 134 valence electrons. The van der Waals surface area contributed by atoms with Gasteiger partial charge in [0.1, 0.15) is 11.7 Å². The lowest BCUT2D eigenvalue weighted by atomic mass is 9.70. The zero-order valence-electron chi connectivity index (χ0n) is 15.9. The Bertz CT molecular complexity index is 772. The van der Waals surface area contributed by atoms with Crippen molar-refractivity contribution in [2.45, 2.75) is 42.8 Å². The average molecular weight is 346 g/mol. The quantitative estimate of drug-likeness (QED) is 0.649. The summed E-state index contributed by atoms with van der Waals surface area (Å²) in [5, 5.41) is 43.7. The molecule has 1 aliphatic heterocycles. The van der Waals surface area contributed by atoms with Gasteiger partial charge in [-0.05, 0) is 18.1 Å². The molecule has 0 amide bonds. The predicted octanol–water partition coefficient (Wildman–Crippen LogP) is 1.03. The van der Waals surface area contributed by atoms with E-state index in [1.54, 1.807) is 60.7 Å². The van der Waals surface area contributed by atoms with Gasteiger partial charge in [0, 0.05) is 15.5 Å². The monoisotopic (exact) mass is 346 g/mol. The predicted molar refractivity (Wildman–Crippen MR) is 92.8 cm³/mol. The van der Waals surface area contributed by atoms with Crippen LogP contribution in [0.2, 0.25) is 0 Å². The molecule has 4 N–H and O–H groups in total. The Balaban J connectivity index is 2.18. The SMILES string of the molecule is [2H]C(c1ccccc1)[C@@]1(O)[C@@H](CO)OC(C)(O)[C@]1(O)C([2H])c1ccccc1. The zero-order chi connectivity index (χ0) is 19.9. The van der Waals surface area contributed by atoms with Crippen molar-refractivity contribution < 1.29 is 27.9 Å². The Morgan fingerprint density at radius 1 is 0.920 bits per heavy atom. The molecule has 0 radical (unpaired) electrons. The maximum atomic E-state index is 11.6. The molecule has 0 bridgehead atoms. The number of rotatable bonds is 5. The largest absolute Gasteiger partial charge is 0.394 e. The highest BCUT2D eigenvalue weighted by atomic mass is 16.7. The van der Waals surface area contributed by atoms with E-state index in [2.05, 4.69) is 0 Å². The van der Waals surface area contributed by atoms with Gasteiger partial charge in [0.2, 0.25) is 0 Å². The van der Waals surface area contributed by atoms with Crippen LogP contribution in [0.1, 0.15) is 20.8 Å². The van der Waals surface area contributed by atoms with E-state index in [0.29, 0.717) is 11.1 Å². The van der Waals surface area contributed by atoms with E-state index in [1.807, 2.05) is 0 Å². The number of aliphatic hydroxyl groups is 4. The summed E-state index contributed by atoms with van der Waals surface area (Å²) in [5.41, 5.74) is -4.34. The molecule has 6 atom stereocenters. The molecule has 2 aromatic carbocycles. The van der Waals surface area contributed by atoms with E-state index in [-0.39, 0.29) is 0 Å². The second-order valence-corrected chi connectivity index (χ2v) is 6.47. The number of aliphatic hydroxyl groups excluding tert-OH is 1. The standard InChI is InChI=1S/C20H24O5/c1-18(22)20(24,13-16-10-6-3-7-11-16)19(23,17(14-21)25-18)12-15-8-4-2-5-9-15/h2-11,17,21-24H,12-14H2,1H3/t17-,18?,19-,20-/m1/s1/i12D,13D/t12?,13?,17-,18?,19-,20-. The Labute approximate surface area is 150 Å². The highest BCUT2D eigenvalue weighted by Gasteiger charge is 2.70. The molecule has 1 fully saturated rings. The van der Waals surface area contributed by atoms with Crippen LogP contribution in [-0.2, 0) is 17.5 Å². The van der Waals surface area contributed by atoms with Crippen molar-refractivity contribution in [3.8, 4) is 0 Å². The summed E-state index contributed by atoms with van der Waals surface area (Å²) < 4.78 is 22.6. The molecule has 0 aromatic heterocycles. The second kappa shape index (κ2) is 6.52. The highest BCUT2D eigenvalue weighted by Crippen LogP contribution is 2.48. The number of hydrogen-bond acceptors (Lipinski definition) is 5. The van der Waals surface area contributed by atoms with Crippen LogP contribution in [0.25, 0.3) is 0 Å².